The lowest BCUT2D eigenvalue weighted by Crippen LogP contribution is -2.18. The summed E-state index contributed by atoms with van der Waals surface area (Å²) in [6.07, 6.45) is 5.31. The molecule has 0 bridgehead atoms. The van der Waals surface area contributed by atoms with Gasteiger partial charge in [-0.3, -0.25) is 0 Å². The summed E-state index contributed by atoms with van der Waals surface area (Å²) in [7, 11) is 2.05. The molecule has 0 fully saturated rings. The predicted molar refractivity (Wildman–Crippen MR) is 72.0 cm³/mol. The number of hydrogen-bond acceptors (Lipinski definition) is 1. The van der Waals surface area contributed by atoms with Crippen LogP contribution < -0.4 is 5.32 Å². The lowest BCUT2D eigenvalue weighted by Gasteiger charge is -2.19. The Morgan fingerprint density at radius 2 is 1.94 bits per heavy atom. The molecule has 0 saturated carbocycles. The number of nitrogens with one attached hydrogen (secondary N) is 1. The molecule has 0 spiro atoms. The maximum Gasteiger partial charge on any atom is 0.00172 e. The van der Waals surface area contributed by atoms with E-state index < -0.39 is 0 Å². The number of aryl methyl sites for hydroxylation is 1. The van der Waals surface area contributed by atoms with Gasteiger partial charge in [-0.05, 0) is 37.4 Å². The van der Waals surface area contributed by atoms with Crippen LogP contribution in [0.4, 0.5) is 0 Å². The molecule has 1 N–H and O–H groups in total. The molecule has 0 amide bonds. The Kier molecular flexibility index (Phi) is 6.17. The van der Waals surface area contributed by atoms with E-state index in [4.69, 9.17) is 0 Å². The summed E-state index contributed by atoms with van der Waals surface area (Å²) >= 11 is 0. The zero-order valence-corrected chi connectivity index (χ0v) is 10.9. The Hall–Kier alpha value is -0.820. The first-order valence-corrected chi connectivity index (χ1v) is 6.49. The highest BCUT2D eigenvalue weighted by Gasteiger charge is 2.11. The van der Waals surface area contributed by atoms with Crippen LogP contribution >= 0.6 is 0 Å². The first kappa shape index (κ1) is 13.2. The van der Waals surface area contributed by atoms with E-state index in [0.717, 1.165) is 6.54 Å². The zero-order valence-electron chi connectivity index (χ0n) is 10.9. The maximum absolute atomic E-state index is 3.32. The third-order valence-corrected chi connectivity index (χ3v) is 3.23. The highest BCUT2D eigenvalue weighted by molar-refractivity contribution is 5.29. The van der Waals surface area contributed by atoms with Gasteiger partial charge in [0.1, 0.15) is 0 Å². The van der Waals surface area contributed by atoms with Crippen LogP contribution in [-0.4, -0.2) is 13.6 Å². The number of benzene rings is 1. The second-order valence-corrected chi connectivity index (χ2v) is 4.61. The van der Waals surface area contributed by atoms with Crippen molar-refractivity contribution in [3.05, 3.63) is 35.4 Å². The van der Waals surface area contributed by atoms with Crippen LogP contribution in [0.15, 0.2) is 24.3 Å². The fourth-order valence-electron chi connectivity index (χ4n) is 2.30. The van der Waals surface area contributed by atoms with Crippen LogP contribution in [0.3, 0.4) is 0 Å². The SMILES string of the molecule is CCCCCC(CNC)c1ccccc1C. The smallest absolute Gasteiger partial charge is 0.00172 e. The number of unbranched alkanes of at least 4 members (excludes halogenated alkanes) is 2. The lowest BCUT2D eigenvalue weighted by molar-refractivity contribution is 0.540. The van der Waals surface area contributed by atoms with E-state index in [9.17, 15) is 0 Å². The van der Waals surface area contributed by atoms with Crippen molar-refractivity contribution in [1.29, 1.82) is 0 Å². The second-order valence-electron chi connectivity index (χ2n) is 4.61. The average Bonchev–Trinajstić information content (AvgIpc) is 2.29. The van der Waals surface area contributed by atoms with Gasteiger partial charge in [-0.2, -0.15) is 0 Å². The Morgan fingerprint density at radius 3 is 2.56 bits per heavy atom. The summed E-state index contributed by atoms with van der Waals surface area (Å²) < 4.78 is 0. The highest BCUT2D eigenvalue weighted by atomic mass is 14.8. The van der Waals surface area contributed by atoms with E-state index in [2.05, 4.69) is 43.4 Å². The Bertz CT molecular complexity index is 293. The normalized spacial score (nSPS) is 12.7. The summed E-state index contributed by atoms with van der Waals surface area (Å²) in [6, 6.07) is 8.78. The molecule has 0 aliphatic heterocycles. The van der Waals surface area contributed by atoms with Crippen LogP contribution in [0, 0.1) is 6.92 Å². The van der Waals surface area contributed by atoms with E-state index >= 15 is 0 Å². The molecule has 0 heterocycles. The predicted octanol–water partition coefficient (Wildman–Crippen LogP) is 3.88. The largest absolute Gasteiger partial charge is 0.319 e. The average molecular weight is 219 g/mol. The second kappa shape index (κ2) is 7.45. The van der Waals surface area contributed by atoms with Gasteiger partial charge in [0.2, 0.25) is 0 Å². The van der Waals surface area contributed by atoms with Crippen LogP contribution in [-0.2, 0) is 0 Å². The molecule has 1 heteroatoms. The third kappa shape index (κ3) is 3.97. The summed E-state index contributed by atoms with van der Waals surface area (Å²) in [6.45, 7) is 5.58. The van der Waals surface area contributed by atoms with Crippen molar-refractivity contribution in [3.8, 4) is 0 Å². The molecule has 1 aromatic carbocycles. The minimum Gasteiger partial charge on any atom is -0.319 e. The summed E-state index contributed by atoms with van der Waals surface area (Å²) in [5.41, 5.74) is 2.95. The van der Waals surface area contributed by atoms with Crippen molar-refractivity contribution in [2.45, 2.75) is 45.4 Å². The molecule has 0 radical (unpaired) electrons. The number of rotatable bonds is 7. The van der Waals surface area contributed by atoms with Crippen LogP contribution in [0.2, 0.25) is 0 Å². The summed E-state index contributed by atoms with van der Waals surface area (Å²) in [4.78, 5) is 0. The molecule has 90 valence electrons. The fraction of sp³-hybridized carbons (Fsp3) is 0.600. The minimum atomic E-state index is 0.678. The maximum atomic E-state index is 3.32. The molecule has 0 aliphatic rings. The van der Waals surface area contributed by atoms with E-state index in [1.54, 1.807) is 0 Å². The molecule has 1 rings (SSSR count). The minimum absolute atomic E-state index is 0.678. The van der Waals surface area contributed by atoms with Crippen molar-refractivity contribution in [2.24, 2.45) is 0 Å². The van der Waals surface area contributed by atoms with Crippen LogP contribution in [0.25, 0.3) is 0 Å². The van der Waals surface area contributed by atoms with Crippen molar-refractivity contribution in [1.82, 2.24) is 5.32 Å². The standard InChI is InChI=1S/C15H25N/c1-4-5-6-10-14(12-16-3)15-11-8-7-9-13(15)2/h7-9,11,14,16H,4-6,10,12H2,1-3H3. The Labute approximate surface area is 100 Å². The van der Waals surface area contributed by atoms with E-state index in [1.165, 1.54) is 36.8 Å². The molecular weight excluding hydrogens is 194 g/mol. The first-order valence-electron chi connectivity index (χ1n) is 6.49. The third-order valence-electron chi connectivity index (χ3n) is 3.23. The van der Waals surface area contributed by atoms with Gasteiger partial charge in [-0.25, -0.2) is 0 Å². The van der Waals surface area contributed by atoms with Gasteiger partial charge >= 0.3 is 0 Å². The van der Waals surface area contributed by atoms with Crippen LogP contribution in [0.1, 0.15) is 49.7 Å². The van der Waals surface area contributed by atoms with E-state index in [0.29, 0.717) is 5.92 Å². The van der Waals surface area contributed by atoms with Crippen molar-refractivity contribution >= 4 is 0 Å². The molecule has 1 atom stereocenters. The van der Waals surface area contributed by atoms with Gasteiger partial charge in [0, 0.05) is 6.54 Å². The van der Waals surface area contributed by atoms with Gasteiger partial charge in [-0.1, -0.05) is 50.5 Å². The molecule has 1 unspecified atom stereocenters. The van der Waals surface area contributed by atoms with E-state index in [1.807, 2.05) is 7.05 Å². The first-order chi connectivity index (χ1) is 7.79. The van der Waals surface area contributed by atoms with Crippen LogP contribution in [0.5, 0.6) is 0 Å². The summed E-state index contributed by atoms with van der Waals surface area (Å²) in [5, 5.41) is 3.32. The van der Waals surface area contributed by atoms with Gasteiger partial charge in [0.05, 0.1) is 0 Å². The quantitative estimate of drug-likeness (QED) is 0.686. The fourth-order valence-corrected chi connectivity index (χ4v) is 2.30. The zero-order chi connectivity index (χ0) is 11.8. The molecule has 1 aromatic rings. The number of hydrogen-bond donors (Lipinski definition) is 1. The van der Waals surface area contributed by atoms with Crippen molar-refractivity contribution in [2.75, 3.05) is 13.6 Å². The molecule has 16 heavy (non-hydrogen) atoms. The van der Waals surface area contributed by atoms with Gasteiger partial charge in [-0.15, -0.1) is 0 Å². The summed E-state index contributed by atoms with van der Waals surface area (Å²) in [5.74, 6) is 0.678. The van der Waals surface area contributed by atoms with Gasteiger partial charge in [0.25, 0.3) is 0 Å². The van der Waals surface area contributed by atoms with Crippen molar-refractivity contribution < 1.29 is 0 Å². The Balaban J connectivity index is 2.65. The number of likely N-dealkylation sites (N-methyl/N-ethyl adjacent to an activating group) is 1. The van der Waals surface area contributed by atoms with Gasteiger partial charge in [0.15, 0.2) is 0 Å². The Morgan fingerprint density at radius 1 is 1.19 bits per heavy atom. The lowest BCUT2D eigenvalue weighted by atomic mass is 9.90. The van der Waals surface area contributed by atoms with Gasteiger partial charge < -0.3 is 5.32 Å². The van der Waals surface area contributed by atoms with E-state index in [-0.39, 0.29) is 0 Å². The molecule has 0 aromatic heterocycles. The van der Waals surface area contributed by atoms with Crippen molar-refractivity contribution in [3.63, 3.8) is 0 Å². The molecule has 0 aliphatic carbocycles. The topological polar surface area (TPSA) is 12.0 Å². The molecular formula is C15H25N. The molecule has 1 nitrogen and oxygen atoms in total. The highest BCUT2D eigenvalue weighted by Crippen LogP contribution is 2.24. The monoisotopic (exact) mass is 219 g/mol. The molecule has 0 saturated heterocycles.